The second-order valence-electron chi connectivity index (χ2n) is 6.56. The van der Waals surface area contributed by atoms with Gasteiger partial charge in [-0.2, -0.15) is 9.37 Å². The Morgan fingerprint density at radius 2 is 1.90 bits per heavy atom. The molecule has 0 N–H and O–H groups in total. The van der Waals surface area contributed by atoms with Gasteiger partial charge in [0.15, 0.2) is 5.25 Å². The zero-order chi connectivity index (χ0) is 20.4. The standard InChI is InChI=1S/C22H21N2O4S/c1-3-28-17-9-7-16(8-10-17)24-21(25)20-19(11-12-29-20)23(22(24)26)14-15-5-4-6-18(13-15)27-2/h4-13,20H,3,14H2,1-2H3/q+1. The van der Waals surface area contributed by atoms with Crippen LogP contribution in [0.4, 0.5) is 10.5 Å². The highest BCUT2D eigenvalue weighted by Gasteiger charge is 2.50. The number of carbonyl (C=O) groups is 2. The van der Waals surface area contributed by atoms with Gasteiger partial charge < -0.3 is 9.47 Å². The van der Waals surface area contributed by atoms with Crippen molar-refractivity contribution < 1.29 is 23.6 Å². The van der Waals surface area contributed by atoms with Crippen LogP contribution < -0.4 is 14.4 Å². The molecule has 0 bridgehead atoms. The van der Waals surface area contributed by atoms with Crippen LogP contribution in [-0.4, -0.2) is 41.2 Å². The van der Waals surface area contributed by atoms with Crippen LogP contribution in [0.3, 0.4) is 0 Å². The van der Waals surface area contributed by atoms with Crippen molar-refractivity contribution in [3.63, 3.8) is 0 Å². The first-order chi connectivity index (χ1) is 14.1. The van der Waals surface area contributed by atoms with Crippen LogP contribution in [0, 0.1) is 0 Å². The lowest BCUT2D eigenvalue weighted by Gasteiger charge is -2.24. The van der Waals surface area contributed by atoms with Gasteiger partial charge in [0.1, 0.15) is 29.4 Å². The van der Waals surface area contributed by atoms with E-state index < -0.39 is 5.25 Å². The fourth-order valence-electron chi connectivity index (χ4n) is 3.41. The summed E-state index contributed by atoms with van der Waals surface area (Å²) in [5.74, 6) is 1.20. The molecule has 0 aliphatic carbocycles. The van der Waals surface area contributed by atoms with Crippen LogP contribution in [0.15, 0.2) is 60.0 Å². The Labute approximate surface area is 173 Å². The Morgan fingerprint density at radius 3 is 2.62 bits per heavy atom. The molecule has 4 rings (SSSR count). The van der Waals surface area contributed by atoms with E-state index in [1.807, 2.05) is 42.7 Å². The molecule has 29 heavy (non-hydrogen) atoms. The first-order valence-electron chi connectivity index (χ1n) is 9.32. The number of hydrogen-bond acceptors (Lipinski definition) is 5. The van der Waals surface area contributed by atoms with Gasteiger partial charge in [-0.1, -0.05) is 12.1 Å². The minimum Gasteiger partial charge on any atom is -0.497 e. The van der Waals surface area contributed by atoms with Gasteiger partial charge in [0.05, 0.1) is 13.7 Å². The average Bonchev–Trinajstić information content (AvgIpc) is 3.23. The second-order valence-corrected chi connectivity index (χ2v) is 7.58. The number of fused-ring (bicyclic) bond motifs is 1. The average molecular weight is 409 g/mol. The highest BCUT2D eigenvalue weighted by atomic mass is 32.2. The van der Waals surface area contributed by atoms with Gasteiger partial charge in [-0.05, 0) is 60.4 Å². The van der Waals surface area contributed by atoms with E-state index in [4.69, 9.17) is 9.47 Å². The third kappa shape index (κ3) is 3.65. The van der Waals surface area contributed by atoms with Crippen molar-refractivity contribution in [2.24, 2.45) is 0 Å². The number of benzene rings is 2. The summed E-state index contributed by atoms with van der Waals surface area (Å²) in [5.41, 5.74) is 2.18. The minimum atomic E-state index is -0.426. The lowest BCUT2D eigenvalue weighted by Crippen LogP contribution is -2.55. The molecule has 0 spiro atoms. The number of rotatable bonds is 6. The Morgan fingerprint density at radius 1 is 1.10 bits per heavy atom. The largest absolute Gasteiger partial charge is 0.506 e. The van der Waals surface area contributed by atoms with Crippen molar-refractivity contribution in [2.45, 2.75) is 18.7 Å². The first kappa shape index (κ1) is 19.3. The number of anilines is 1. The Bertz CT molecular complexity index is 1010. The molecule has 2 aliphatic heterocycles. The molecule has 3 amide bonds. The number of amides is 3. The van der Waals surface area contributed by atoms with Crippen molar-refractivity contribution >= 4 is 35.1 Å². The number of methoxy groups -OCH3 is 1. The molecule has 0 aromatic heterocycles. The topological polar surface area (TPSA) is 58.9 Å². The molecule has 2 aliphatic rings. The molecule has 0 radical (unpaired) electrons. The molecular formula is C22H21N2O4S+. The number of imide groups is 1. The van der Waals surface area contributed by atoms with Gasteiger partial charge in [0, 0.05) is 0 Å². The summed E-state index contributed by atoms with van der Waals surface area (Å²) in [7, 11) is 1.61. The van der Waals surface area contributed by atoms with Crippen molar-refractivity contribution in [1.82, 2.24) is 0 Å². The highest BCUT2D eigenvalue weighted by molar-refractivity contribution is 8.04. The number of allylic oxidation sites excluding steroid dienone is 1. The lowest BCUT2D eigenvalue weighted by molar-refractivity contribution is -0.444. The maximum Gasteiger partial charge on any atom is 0.506 e. The quantitative estimate of drug-likeness (QED) is 0.679. The first-order valence-corrected chi connectivity index (χ1v) is 10.3. The summed E-state index contributed by atoms with van der Waals surface area (Å²) in [6.45, 7) is 2.81. The predicted octanol–water partition coefficient (Wildman–Crippen LogP) is 3.84. The number of ether oxygens (including phenoxy) is 2. The highest BCUT2D eigenvalue weighted by Crippen LogP contribution is 2.32. The molecule has 148 valence electrons. The Hall–Kier alpha value is -3.06. The van der Waals surface area contributed by atoms with Gasteiger partial charge in [-0.15, -0.1) is 16.7 Å². The van der Waals surface area contributed by atoms with E-state index in [-0.39, 0.29) is 11.9 Å². The molecule has 1 unspecified atom stereocenters. The van der Waals surface area contributed by atoms with E-state index in [1.165, 1.54) is 16.7 Å². The van der Waals surface area contributed by atoms with Crippen molar-refractivity contribution in [2.75, 3.05) is 18.6 Å². The molecule has 7 heteroatoms. The molecule has 0 saturated carbocycles. The van der Waals surface area contributed by atoms with Crippen molar-refractivity contribution in [3.8, 4) is 11.5 Å². The Kier molecular flexibility index (Phi) is 5.40. The summed E-state index contributed by atoms with van der Waals surface area (Å²) in [6, 6.07) is 14.2. The van der Waals surface area contributed by atoms with Crippen LogP contribution in [0.25, 0.3) is 0 Å². The fourth-order valence-corrected chi connectivity index (χ4v) is 4.35. The van der Waals surface area contributed by atoms with Gasteiger partial charge in [0.2, 0.25) is 0 Å². The maximum absolute atomic E-state index is 13.4. The minimum absolute atomic E-state index is 0.231. The molecule has 2 aromatic rings. The molecule has 2 heterocycles. The molecule has 6 nitrogen and oxygen atoms in total. The molecule has 1 atom stereocenters. The van der Waals surface area contributed by atoms with Crippen LogP contribution >= 0.6 is 11.8 Å². The monoisotopic (exact) mass is 409 g/mol. The summed E-state index contributed by atoms with van der Waals surface area (Å²) in [5, 5.41) is 1.44. The second kappa shape index (κ2) is 8.13. The third-order valence-electron chi connectivity index (χ3n) is 4.78. The zero-order valence-electron chi connectivity index (χ0n) is 16.2. The SMILES string of the molecule is CCOc1ccc(N2C(=O)C3SC=CC3=[N+](Cc3cccc(OC)c3)C2=O)cc1. The smallest absolute Gasteiger partial charge is 0.497 e. The number of hydrogen-bond donors (Lipinski definition) is 0. The van der Waals surface area contributed by atoms with E-state index >= 15 is 0 Å². The predicted molar refractivity (Wildman–Crippen MR) is 113 cm³/mol. The van der Waals surface area contributed by atoms with Crippen LogP contribution in [0.1, 0.15) is 12.5 Å². The van der Waals surface area contributed by atoms with Gasteiger partial charge in [-0.3, -0.25) is 0 Å². The number of carbonyl (C=O) groups excluding carboxylic acids is 2. The van der Waals surface area contributed by atoms with Crippen molar-refractivity contribution in [1.29, 1.82) is 0 Å². The van der Waals surface area contributed by atoms with Crippen molar-refractivity contribution in [3.05, 3.63) is 65.6 Å². The summed E-state index contributed by atoms with van der Waals surface area (Å²) < 4.78 is 12.4. The fraction of sp³-hybridized carbons (Fsp3) is 0.227. The summed E-state index contributed by atoms with van der Waals surface area (Å²) in [6.07, 6.45) is 1.85. The Balaban J connectivity index is 1.70. The van der Waals surface area contributed by atoms with E-state index in [0.29, 0.717) is 24.6 Å². The summed E-state index contributed by atoms with van der Waals surface area (Å²) in [4.78, 5) is 27.7. The van der Waals surface area contributed by atoms with Crippen LogP contribution in [0.5, 0.6) is 11.5 Å². The van der Waals surface area contributed by atoms with Gasteiger partial charge in [0.25, 0.3) is 0 Å². The molecule has 0 fully saturated rings. The van der Waals surface area contributed by atoms with E-state index in [0.717, 1.165) is 17.0 Å². The summed E-state index contributed by atoms with van der Waals surface area (Å²) >= 11 is 1.42. The van der Waals surface area contributed by atoms with Crippen LogP contribution in [0.2, 0.25) is 0 Å². The maximum atomic E-state index is 13.4. The lowest BCUT2D eigenvalue weighted by atomic mass is 10.1. The van der Waals surface area contributed by atoms with E-state index in [1.54, 1.807) is 36.0 Å². The van der Waals surface area contributed by atoms with Gasteiger partial charge >= 0.3 is 11.9 Å². The van der Waals surface area contributed by atoms with Crippen LogP contribution in [-0.2, 0) is 11.3 Å². The number of urea groups is 1. The third-order valence-corrected chi connectivity index (χ3v) is 5.79. The molecule has 2 aromatic carbocycles. The number of nitrogens with zero attached hydrogens (tertiary/aromatic N) is 2. The van der Waals surface area contributed by atoms with Gasteiger partial charge in [-0.25, -0.2) is 4.79 Å². The normalized spacial score (nSPS) is 18.3. The van der Waals surface area contributed by atoms with E-state index in [2.05, 4.69) is 0 Å². The zero-order valence-corrected chi connectivity index (χ0v) is 17.0. The molecule has 0 saturated heterocycles. The molecular weight excluding hydrogens is 388 g/mol. The number of thioether (sulfide) groups is 1. The van der Waals surface area contributed by atoms with E-state index in [9.17, 15) is 9.59 Å².